The normalized spacial score (nSPS) is 11.2. The Morgan fingerprint density at radius 3 is 2.39 bits per heavy atom. The van der Waals surface area contributed by atoms with Gasteiger partial charge in [-0.15, -0.1) is 0 Å². The van der Waals surface area contributed by atoms with Gasteiger partial charge in [0.1, 0.15) is 0 Å². The van der Waals surface area contributed by atoms with Crippen molar-refractivity contribution in [1.82, 2.24) is 14.8 Å². The van der Waals surface area contributed by atoms with Gasteiger partial charge in [-0.25, -0.2) is 0 Å². The Balaban J connectivity index is 1.66. The van der Waals surface area contributed by atoms with Crippen LogP contribution in [0.2, 0.25) is 5.02 Å². The van der Waals surface area contributed by atoms with Crippen LogP contribution in [0.5, 0.6) is 0 Å². The molecule has 1 aromatic heterocycles. The number of hydrogen-bond acceptors (Lipinski definition) is 4. The van der Waals surface area contributed by atoms with Crippen molar-refractivity contribution in [3.63, 3.8) is 0 Å². The van der Waals surface area contributed by atoms with Gasteiger partial charge in [-0.3, -0.25) is 9.78 Å². The number of benzene rings is 2. The van der Waals surface area contributed by atoms with Crippen molar-refractivity contribution < 1.29 is 4.79 Å². The molecule has 33 heavy (non-hydrogen) atoms. The Morgan fingerprint density at radius 1 is 1.00 bits per heavy atom. The van der Waals surface area contributed by atoms with Crippen molar-refractivity contribution in [1.29, 1.82) is 0 Å². The molecule has 3 aromatic rings. The molecule has 0 saturated heterocycles. The first-order valence-corrected chi connectivity index (χ1v) is 11.4. The zero-order valence-corrected chi connectivity index (χ0v) is 20.2. The van der Waals surface area contributed by atoms with E-state index < -0.39 is 0 Å². The van der Waals surface area contributed by atoms with Gasteiger partial charge in [-0.05, 0) is 87.6 Å². The molecule has 0 atom stereocenters. The third kappa shape index (κ3) is 8.37. The molecule has 3 rings (SSSR count). The molecule has 0 aliphatic carbocycles. The van der Waals surface area contributed by atoms with Crippen LogP contribution >= 0.6 is 11.6 Å². The first kappa shape index (κ1) is 24.5. The number of carbonyl (C=O) groups is 1. The van der Waals surface area contributed by atoms with Gasteiger partial charge in [0.25, 0.3) is 0 Å². The number of carbonyl (C=O) groups excluding carboxylic acids is 1. The van der Waals surface area contributed by atoms with Crippen LogP contribution in [0.25, 0.3) is 6.08 Å². The summed E-state index contributed by atoms with van der Waals surface area (Å²) < 4.78 is 0. The van der Waals surface area contributed by atoms with Gasteiger partial charge in [0.2, 0.25) is 5.91 Å². The molecule has 172 valence electrons. The zero-order chi connectivity index (χ0) is 23.6. The molecule has 0 aliphatic heterocycles. The predicted molar refractivity (Wildman–Crippen MR) is 138 cm³/mol. The maximum Gasteiger partial charge on any atom is 0.246 e. The Labute approximate surface area is 201 Å². The van der Waals surface area contributed by atoms with Crippen LogP contribution in [-0.4, -0.2) is 47.9 Å². The molecule has 0 fully saturated rings. The summed E-state index contributed by atoms with van der Waals surface area (Å²) in [5.41, 5.74) is 5.00. The van der Waals surface area contributed by atoms with E-state index in [4.69, 9.17) is 11.6 Å². The minimum atomic E-state index is -0.00170. The third-order valence-electron chi connectivity index (χ3n) is 5.15. The second kappa shape index (κ2) is 12.2. The largest absolute Gasteiger partial charge is 0.355 e. The summed E-state index contributed by atoms with van der Waals surface area (Å²) in [7, 11) is 4.09. The summed E-state index contributed by atoms with van der Waals surface area (Å²) in [6, 6.07) is 19.6. The number of nitrogens with zero attached hydrogens (tertiary/aromatic N) is 3. The molecule has 0 radical (unpaired) electrons. The minimum absolute atomic E-state index is 0.00170. The summed E-state index contributed by atoms with van der Waals surface area (Å²) in [6.07, 6.45) is 6.18. The highest BCUT2D eigenvalue weighted by molar-refractivity contribution is 6.30. The lowest BCUT2D eigenvalue weighted by atomic mass is 10.1. The van der Waals surface area contributed by atoms with E-state index in [0.717, 1.165) is 41.2 Å². The Hall–Kier alpha value is -3.15. The highest BCUT2D eigenvalue weighted by Crippen LogP contribution is 2.18. The number of aryl methyl sites for hydroxylation is 1. The molecule has 1 amide bonds. The second-order valence-electron chi connectivity index (χ2n) is 8.31. The fraction of sp³-hybridized carbons (Fsp3) is 0.259. The van der Waals surface area contributed by atoms with Gasteiger partial charge in [-0.1, -0.05) is 35.9 Å². The number of nitrogens with one attached hydrogen (secondary N) is 1. The Morgan fingerprint density at radius 2 is 1.73 bits per heavy atom. The van der Waals surface area contributed by atoms with E-state index >= 15 is 0 Å². The van der Waals surface area contributed by atoms with Gasteiger partial charge in [-0.2, -0.15) is 0 Å². The first-order valence-electron chi connectivity index (χ1n) is 11.0. The lowest BCUT2D eigenvalue weighted by Crippen LogP contribution is -2.31. The van der Waals surface area contributed by atoms with Gasteiger partial charge in [0.15, 0.2) is 0 Å². The van der Waals surface area contributed by atoms with Gasteiger partial charge >= 0.3 is 0 Å². The lowest BCUT2D eigenvalue weighted by molar-refractivity contribution is -0.126. The summed E-state index contributed by atoms with van der Waals surface area (Å²) >= 11 is 5.95. The predicted octanol–water partition coefficient (Wildman–Crippen LogP) is 5.78. The number of halogens is 1. The molecule has 2 aromatic carbocycles. The van der Waals surface area contributed by atoms with E-state index in [-0.39, 0.29) is 5.91 Å². The number of amides is 1. The van der Waals surface area contributed by atoms with Crippen LogP contribution in [-0.2, 0) is 11.3 Å². The van der Waals surface area contributed by atoms with Gasteiger partial charge in [0, 0.05) is 47.5 Å². The smallest absolute Gasteiger partial charge is 0.246 e. The first-order chi connectivity index (χ1) is 15.9. The van der Waals surface area contributed by atoms with Crippen LogP contribution < -0.4 is 5.32 Å². The van der Waals surface area contributed by atoms with Crippen molar-refractivity contribution in [2.24, 2.45) is 0 Å². The summed E-state index contributed by atoms with van der Waals surface area (Å²) in [4.78, 5) is 21.2. The topological polar surface area (TPSA) is 48.5 Å². The number of anilines is 2. The molecule has 1 N–H and O–H groups in total. The monoisotopic (exact) mass is 462 g/mol. The molecular weight excluding hydrogens is 432 g/mol. The van der Waals surface area contributed by atoms with Crippen molar-refractivity contribution in [3.05, 3.63) is 94.8 Å². The number of pyridine rings is 1. The van der Waals surface area contributed by atoms with Crippen LogP contribution in [0.3, 0.4) is 0 Å². The summed E-state index contributed by atoms with van der Waals surface area (Å²) in [5, 5.41) is 4.07. The molecular formula is C27H31ClN4O. The average molecular weight is 463 g/mol. The molecule has 0 bridgehead atoms. The second-order valence-corrected chi connectivity index (χ2v) is 8.75. The van der Waals surface area contributed by atoms with Gasteiger partial charge in [0.05, 0.1) is 0 Å². The molecule has 1 heterocycles. The molecule has 5 nitrogen and oxygen atoms in total. The van der Waals surface area contributed by atoms with E-state index in [1.807, 2.05) is 80.5 Å². The quantitative estimate of drug-likeness (QED) is 0.388. The van der Waals surface area contributed by atoms with Crippen LogP contribution in [0.4, 0.5) is 11.4 Å². The van der Waals surface area contributed by atoms with Crippen LogP contribution in [0, 0.1) is 6.92 Å². The van der Waals surface area contributed by atoms with E-state index in [0.29, 0.717) is 18.1 Å². The van der Waals surface area contributed by atoms with Crippen molar-refractivity contribution in [3.8, 4) is 0 Å². The molecule has 0 spiro atoms. The minimum Gasteiger partial charge on any atom is -0.355 e. The molecule has 0 unspecified atom stereocenters. The average Bonchev–Trinajstić information content (AvgIpc) is 2.79. The SMILES string of the molecule is Cc1cc(Nc2ccc(CN(CCCN(C)C)C(=O)C=Cc3ccc(Cl)cc3)cc2)ccn1. The van der Waals surface area contributed by atoms with Crippen molar-refractivity contribution in [2.45, 2.75) is 19.9 Å². The maximum absolute atomic E-state index is 13.0. The Kier molecular flexibility index (Phi) is 9.04. The zero-order valence-electron chi connectivity index (χ0n) is 19.5. The lowest BCUT2D eigenvalue weighted by Gasteiger charge is -2.22. The van der Waals surface area contributed by atoms with E-state index in [2.05, 4.69) is 27.3 Å². The number of aromatic nitrogens is 1. The van der Waals surface area contributed by atoms with Crippen molar-refractivity contribution in [2.75, 3.05) is 32.5 Å². The van der Waals surface area contributed by atoms with Gasteiger partial charge < -0.3 is 15.1 Å². The van der Waals surface area contributed by atoms with E-state index in [9.17, 15) is 4.79 Å². The maximum atomic E-state index is 13.0. The number of hydrogen-bond donors (Lipinski definition) is 1. The highest BCUT2D eigenvalue weighted by atomic mass is 35.5. The Bertz CT molecular complexity index is 1060. The van der Waals surface area contributed by atoms with E-state index in [1.165, 1.54) is 0 Å². The molecule has 0 aliphatic rings. The standard InChI is InChI=1S/C27H31ClN4O/c1-21-19-26(15-16-29-21)30-25-12-7-23(8-13-25)20-32(18-4-17-31(2)3)27(33)14-9-22-5-10-24(28)11-6-22/h5-16,19H,4,17-18,20H2,1-3H3,(H,29,30). The molecule has 6 heteroatoms. The fourth-order valence-corrected chi connectivity index (χ4v) is 3.52. The summed E-state index contributed by atoms with van der Waals surface area (Å²) in [5.74, 6) is -0.00170. The van der Waals surface area contributed by atoms with Crippen LogP contribution in [0.15, 0.2) is 72.9 Å². The molecule has 0 saturated carbocycles. The van der Waals surface area contributed by atoms with Crippen LogP contribution in [0.1, 0.15) is 23.2 Å². The van der Waals surface area contributed by atoms with Crippen molar-refractivity contribution >= 4 is 35.0 Å². The fourth-order valence-electron chi connectivity index (χ4n) is 3.40. The summed E-state index contributed by atoms with van der Waals surface area (Å²) in [6.45, 7) is 4.15. The van der Waals surface area contributed by atoms with E-state index in [1.54, 1.807) is 12.3 Å². The number of rotatable bonds is 10. The third-order valence-corrected chi connectivity index (χ3v) is 5.40. The highest BCUT2D eigenvalue weighted by Gasteiger charge is 2.12.